The first-order valence-corrected chi connectivity index (χ1v) is 5.88. The Morgan fingerprint density at radius 2 is 1.95 bits per heavy atom. The Morgan fingerprint density at radius 1 is 1.21 bits per heavy atom. The van der Waals surface area contributed by atoms with Gasteiger partial charge in [0, 0.05) is 11.8 Å². The number of aromatic nitrogens is 1. The number of carboxylic acids is 1. The number of hydrogen-bond donors (Lipinski definition) is 1. The van der Waals surface area contributed by atoms with Crippen molar-refractivity contribution in [2.75, 3.05) is 7.11 Å². The van der Waals surface area contributed by atoms with Gasteiger partial charge in [0.1, 0.15) is 5.75 Å². The number of carboxylic acid groups (broad SMARTS) is 1. The maximum atomic E-state index is 11.0. The van der Waals surface area contributed by atoms with E-state index in [2.05, 4.69) is 4.98 Å². The summed E-state index contributed by atoms with van der Waals surface area (Å²) in [5.74, 6) is -0.137. The molecule has 0 atom stereocenters. The Bertz CT molecular complexity index is 635. The highest BCUT2D eigenvalue weighted by Crippen LogP contribution is 2.30. The van der Waals surface area contributed by atoms with E-state index >= 15 is 0 Å². The number of benzene rings is 1. The van der Waals surface area contributed by atoms with E-state index in [0.717, 1.165) is 22.4 Å². The third kappa shape index (κ3) is 2.42. The molecule has 0 amide bonds. The number of nitrogens with zero attached hydrogens (tertiary/aromatic N) is 1. The zero-order chi connectivity index (χ0) is 14.0. The van der Waals surface area contributed by atoms with Gasteiger partial charge in [-0.1, -0.05) is 0 Å². The van der Waals surface area contributed by atoms with Crippen molar-refractivity contribution in [3.05, 3.63) is 47.2 Å². The Morgan fingerprint density at radius 3 is 2.58 bits per heavy atom. The van der Waals surface area contributed by atoms with Crippen LogP contribution in [0.2, 0.25) is 0 Å². The van der Waals surface area contributed by atoms with Crippen LogP contribution in [0.4, 0.5) is 0 Å². The Labute approximate surface area is 111 Å². The second kappa shape index (κ2) is 5.10. The molecular weight excluding hydrogens is 242 g/mol. The molecule has 0 saturated heterocycles. The second-order valence-electron chi connectivity index (χ2n) is 4.30. The van der Waals surface area contributed by atoms with Gasteiger partial charge in [0.2, 0.25) is 0 Å². The van der Waals surface area contributed by atoms with Crippen molar-refractivity contribution in [2.45, 2.75) is 13.8 Å². The van der Waals surface area contributed by atoms with Crippen LogP contribution in [0.3, 0.4) is 0 Å². The lowest BCUT2D eigenvalue weighted by molar-refractivity contribution is 0.0697. The molecule has 2 aromatic rings. The molecular formula is C15H15NO3. The highest BCUT2D eigenvalue weighted by atomic mass is 16.5. The molecule has 1 aromatic carbocycles. The van der Waals surface area contributed by atoms with Gasteiger partial charge in [0.25, 0.3) is 0 Å². The monoisotopic (exact) mass is 257 g/mol. The average molecular weight is 257 g/mol. The maximum Gasteiger partial charge on any atom is 0.335 e. The second-order valence-corrected chi connectivity index (χ2v) is 4.30. The highest BCUT2D eigenvalue weighted by Gasteiger charge is 2.11. The van der Waals surface area contributed by atoms with E-state index in [1.807, 2.05) is 26.0 Å². The number of methoxy groups -OCH3 is 1. The van der Waals surface area contributed by atoms with Crippen LogP contribution in [0.15, 0.2) is 30.5 Å². The lowest BCUT2D eigenvalue weighted by atomic mass is 9.99. The number of rotatable bonds is 3. The van der Waals surface area contributed by atoms with Crippen molar-refractivity contribution in [1.82, 2.24) is 4.98 Å². The van der Waals surface area contributed by atoms with Crippen molar-refractivity contribution in [1.29, 1.82) is 0 Å². The first-order valence-electron chi connectivity index (χ1n) is 5.88. The predicted octanol–water partition coefficient (Wildman–Crippen LogP) is 3.07. The van der Waals surface area contributed by atoms with Crippen LogP contribution >= 0.6 is 0 Å². The smallest absolute Gasteiger partial charge is 0.335 e. The summed E-state index contributed by atoms with van der Waals surface area (Å²) in [6.07, 6.45) is 1.51. The predicted molar refractivity (Wildman–Crippen MR) is 72.7 cm³/mol. The SMILES string of the molecule is COc1ccc(-c2cc(C(=O)O)ccn2)c(C)c1C. The van der Waals surface area contributed by atoms with Gasteiger partial charge in [-0.2, -0.15) is 0 Å². The summed E-state index contributed by atoms with van der Waals surface area (Å²) in [7, 11) is 1.63. The third-order valence-electron chi connectivity index (χ3n) is 3.24. The van der Waals surface area contributed by atoms with Crippen molar-refractivity contribution in [3.63, 3.8) is 0 Å². The van der Waals surface area contributed by atoms with Crippen LogP contribution < -0.4 is 4.74 Å². The molecule has 98 valence electrons. The van der Waals surface area contributed by atoms with E-state index in [4.69, 9.17) is 9.84 Å². The number of aromatic carboxylic acids is 1. The molecule has 1 aromatic heterocycles. The molecule has 1 heterocycles. The van der Waals surface area contributed by atoms with E-state index in [1.54, 1.807) is 13.2 Å². The molecule has 19 heavy (non-hydrogen) atoms. The van der Waals surface area contributed by atoms with Gasteiger partial charge in [-0.05, 0) is 49.2 Å². The van der Waals surface area contributed by atoms with Crippen LogP contribution in [0.1, 0.15) is 21.5 Å². The molecule has 1 N–H and O–H groups in total. The molecule has 0 unspecified atom stereocenters. The molecule has 0 aliphatic rings. The van der Waals surface area contributed by atoms with Crippen LogP contribution in [-0.4, -0.2) is 23.2 Å². The van der Waals surface area contributed by atoms with Crippen LogP contribution in [-0.2, 0) is 0 Å². The molecule has 0 aliphatic heterocycles. The largest absolute Gasteiger partial charge is 0.496 e. The summed E-state index contributed by atoms with van der Waals surface area (Å²) >= 11 is 0. The minimum atomic E-state index is -0.952. The van der Waals surface area contributed by atoms with Gasteiger partial charge in [0.05, 0.1) is 18.4 Å². The number of carbonyl (C=O) groups is 1. The van der Waals surface area contributed by atoms with Gasteiger partial charge >= 0.3 is 5.97 Å². The summed E-state index contributed by atoms with van der Waals surface area (Å²) in [4.78, 5) is 15.2. The lowest BCUT2D eigenvalue weighted by Gasteiger charge is -2.12. The minimum absolute atomic E-state index is 0.234. The highest BCUT2D eigenvalue weighted by molar-refractivity contribution is 5.89. The first kappa shape index (κ1) is 13.1. The summed E-state index contributed by atoms with van der Waals surface area (Å²) in [6.45, 7) is 3.95. The first-order chi connectivity index (χ1) is 9.04. The number of pyridine rings is 1. The topological polar surface area (TPSA) is 59.4 Å². The number of ether oxygens (including phenoxy) is 1. The van der Waals surface area contributed by atoms with Gasteiger partial charge in [-0.15, -0.1) is 0 Å². The normalized spacial score (nSPS) is 10.3. The minimum Gasteiger partial charge on any atom is -0.496 e. The molecule has 0 aliphatic carbocycles. The van der Waals surface area contributed by atoms with Crippen molar-refractivity contribution < 1.29 is 14.6 Å². The molecule has 2 rings (SSSR count). The fourth-order valence-electron chi connectivity index (χ4n) is 2.01. The van der Waals surface area contributed by atoms with Crippen LogP contribution in [0.25, 0.3) is 11.3 Å². The van der Waals surface area contributed by atoms with Gasteiger partial charge in [-0.25, -0.2) is 4.79 Å². The average Bonchev–Trinajstić information content (AvgIpc) is 2.42. The van der Waals surface area contributed by atoms with Crippen molar-refractivity contribution in [3.8, 4) is 17.0 Å². The standard InChI is InChI=1S/C15H15NO3/c1-9-10(2)14(19-3)5-4-12(9)13-8-11(15(17)18)6-7-16-13/h4-8H,1-3H3,(H,17,18). The van der Waals surface area contributed by atoms with Crippen LogP contribution in [0, 0.1) is 13.8 Å². The number of hydrogen-bond acceptors (Lipinski definition) is 3. The molecule has 4 heteroatoms. The van der Waals surface area contributed by atoms with E-state index in [1.165, 1.54) is 12.3 Å². The van der Waals surface area contributed by atoms with E-state index in [0.29, 0.717) is 5.69 Å². The Hall–Kier alpha value is -2.36. The molecule has 0 bridgehead atoms. The molecule has 0 fully saturated rings. The molecule has 0 radical (unpaired) electrons. The zero-order valence-electron chi connectivity index (χ0n) is 11.1. The van der Waals surface area contributed by atoms with Gasteiger partial charge < -0.3 is 9.84 Å². The van der Waals surface area contributed by atoms with Crippen molar-refractivity contribution >= 4 is 5.97 Å². The fourth-order valence-corrected chi connectivity index (χ4v) is 2.01. The van der Waals surface area contributed by atoms with E-state index in [-0.39, 0.29) is 5.56 Å². The van der Waals surface area contributed by atoms with E-state index < -0.39 is 5.97 Å². The maximum absolute atomic E-state index is 11.0. The summed E-state index contributed by atoms with van der Waals surface area (Å²) in [5.41, 5.74) is 3.87. The van der Waals surface area contributed by atoms with Gasteiger partial charge in [0.15, 0.2) is 0 Å². The summed E-state index contributed by atoms with van der Waals surface area (Å²) in [5, 5.41) is 9.01. The Kier molecular flexibility index (Phi) is 3.51. The van der Waals surface area contributed by atoms with E-state index in [9.17, 15) is 4.79 Å². The molecule has 4 nitrogen and oxygen atoms in total. The molecule has 0 saturated carbocycles. The third-order valence-corrected chi connectivity index (χ3v) is 3.24. The fraction of sp³-hybridized carbons (Fsp3) is 0.200. The molecule has 0 spiro atoms. The summed E-state index contributed by atoms with van der Waals surface area (Å²) in [6, 6.07) is 6.83. The van der Waals surface area contributed by atoms with Crippen molar-refractivity contribution in [2.24, 2.45) is 0 Å². The summed E-state index contributed by atoms with van der Waals surface area (Å²) < 4.78 is 5.26. The zero-order valence-corrected chi connectivity index (χ0v) is 11.1. The lowest BCUT2D eigenvalue weighted by Crippen LogP contribution is -1.99. The van der Waals surface area contributed by atoms with Crippen LogP contribution in [0.5, 0.6) is 5.75 Å². The Balaban J connectivity index is 2.56. The van der Waals surface area contributed by atoms with Gasteiger partial charge in [-0.3, -0.25) is 4.98 Å². The quantitative estimate of drug-likeness (QED) is 0.918.